The van der Waals surface area contributed by atoms with Crippen LogP contribution < -0.4 is 0 Å². The monoisotopic (exact) mass is 143 g/mol. The van der Waals surface area contributed by atoms with Crippen LogP contribution in [0.1, 0.15) is 19.8 Å². The van der Waals surface area contributed by atoms with Crippen molar-refractivity contribution >= 4 is 14.4 Å². The van der Waals surface area contributed by atoms with E-state index in [-0.39, 0.29) is 8.41 Å². The van der Waals surface area contributed by atoms with E-state index in [0.717, 1.165) is 20.1 Å². The molecule has 1 rings (SSSR count). The molecule has 0 aliphatic carbocycles. The number of hydrogen-bond donors (Lipinski definition) is 1. The van der Waals surface area contributed by atoms with Gasteiger partial charge in [0.2, 0.25) is 0 Å². The average molecular weight is 143 g/mol. The highest BCUT2D eigenvalue weighted by molar-refractivity contribution is 5.75. The highest BCUT2D eigenvalue weighted by atomic mass is 16.5. The molecule has 0 saturated carbocycles. The maximum atomic E-state index is 9.00. The maximum Gasteiger partial charge on any atom is 0.300 e. The van der Waals surface area contributed by atoms with Crippen LogP contribution in [0.4, 0.5) is 0 Å². The van der Waals surface area contributed by atoms with Crippen molar-refractivity contribution < 1.29 is 14.6 Å². The Morgan fingerprint density at radius 1 is 1.40 bits per heavy atom. The molecule has 0 aromatic heterocycles. The number of ether oxygens (including phenoxy) is 1. The van der Waals surface area contributed by atoms with Gasteiger partial charge in [0, 0.05) is 28.6 Å². The summed E-state index contributed by atoms with van der Waals surface area (Å²) in [5, 5.41) is 7.42. The molecule has 1 aliphatic heterocycles. The van der Waals surface area contributed by atoms with Gasteiger partial charge in [0.1, 0.15) is 0 Å². The molecule has 0 bridgehead atoms. The van der Waals surface area contributed by atoms with Gasteiger partial charge in [-0.1, -0.05) is 0 Å². The molecule has 4 heteroatoms. The molecule has 0 unspecified atom stereocenters. The summed E-state index contributed by atoms with van der Waals surface area (Å²) in [6.07, 6.45) is 2.56. The molecule has 10 heavy (non-hydrogen) atoms. The van der Waals surface area contributed by atoms with Gasteiger partial charge in [0.15, 0.2) is 0 Å². The molecule has 1 saturated heterocycles. The number of carboxylic acids is 1. The van der Waals surface area contributed by atoms with E-state index >= 15 is 0 Å². The summed E-state index contributed by atoms with van der Waals surface area (Å²) in [5.41, 5.74) is 0. The van der Waals surface area contributed by atoms with Gasteiger partial charge in [-0.25, -0.2) is 0 Å². The van der Waals surface area contributed by atoms with Crippen molar-refractivity contribution in [3.05, 3.63) is 0 Å². The predicted molar refractivity (Wildman–Crippen MR) is 39.1 cm³/mol. The summed E-state index contributed by atoms with van der Waals surface area (Å²) in [5.74, 6) is -0.833. The lowest BCUT2D eigenvalue weighted by molar-refractivity contribution is -0.134. The standard InChI is InChI=1S/C4H8O.C2H4O2.B/c1-2-4-5-3-1;1-2(3)4;/h1-4H2;1H3,(H,3,4);. The number of carbonyl (C=O) groups is 1. The number of rotatable bonds is 0. The van der Waals surface area contributed by atoms with Crippen LogP contribution in [0.5, 0.6) is 0 Å². The fourth-order valence-electron chi connectivity index (χ4n) is 0.510. The zero-order chi connectivity index (χ0) is 7.11. The molecule has 3 radical (unpaired) electrons. The lowest BCUT2D eigenvalue weighted by Gasteiger charge is -1.76. The van der Waals surface area contributed by atoms with E-state index < -0.39 is 5.97 Å². The van der Waals surface area contributed by atoms with E-state index in [0.29, 0.717) is 0 Å². The van der Waals surface area contributed by atoms with E-state index in [1.807, 2.05) is 0 Å². The normalized spacial score (nSPS) is 14.5. The minimum Gasteiger partial charge on any atom is -0.481 e. The average Bonchev–Trinajstić information content (AvgIpc) is 2.11. The quantitative estimate of drug-likeness (QED) is 0.502. The fourth-order valence-corrected chi connectivity index (χ4v) is 0.510. The Morgan fingerprint density at radius 3 is 1.80 bits per heavy atom. The van der Waals surface area contributed by atoms with Crippen LogP contribution in [0.15, 0.2) is 0 Å². The van der Waals surface area contributed by atoms with Gasteiger partial charge in [-0.05, 0) is 12.8 Å². The Hall–Kier alpha value is -0.505. The molecular formula is C6H12BO3. The Morgan fingerprint density at radius 2 is 1.70 bits per heavy atom. The summed E-state index contributed by atoms with van der Waals surface area (Å²) >= 11 is 0. The van der Waals surface area contributed by atoms with Crippen LogP contribution in [-0.4, -0.2) is 32.7 Å². The van der Waals surface area contributed by atoms with Gasteiger partial charge >= 0.3 is 0 Å². The molecule has 1 aliphatic rings. The third kappa shape index (κ3) is 15.6. The highest BCUT2D eigenvalue weighted by Crippen LogP contribution is 1.98. The van der Waals surface area contributed by atoms with Crippen LogP contribution in [-0.2, 0) is 9.53 Å². The van der Waals surface area contributed by atoms with E-state index in [9.17, 15) is 0 Å². The molecule has 1 fully saturated rings. The first-order chi connectivity index (χ1) is 4.23. The smallest absolute Gasteiger partial charge is 0.300 e. The first-order valence-electron chi connectivity index (χ1n) is 3.01. The van der Waals surface area contributed by atoms with E-state index in [4.69, 9.17) is 14.6 Å². The van der Waals surface area contributed by atoms with Crippen molar-refractivity contribution in [1.82, 2.24) is 0 Å². The Bertz CT molecular complexity index is 69.5. The molecule has 0 aromatic rings. The van der Waals surface area contributed by atoms with Crippen molar-refractivity contribution in [1.29, 1.82) is 0 Å². The minimum atomic E-state index is -0.833. The van der Waals surface area contributed by atoms with Gasteiger partial charge < -0.3 is 9.84 Å². The van der Waals surface area contributed by atoms with Crippen LogP contribution >= 0.6 is 0 Å². The lowest BCUT2D eigenvalue weighted by Crippen LogP contribution is -1.78. The first-order valence-corrected chi connectivity index (χ1v) is 3.01. The summed E-state index contributed by atoms with van der Waals surface area (Å²) in [7, 11) is 0. The Kier molecular flexibility index (Phi) is 10.4. The maximum absolute atomic E-state index is 9.00. The number of hydrogen-bond acceptors (Lipinski definition) is 2. The fraction of sp³-hybridized carbons (Fsp3) is 0.833. The second-order valence-electron chi connectivity index (χ2n) is 1.84. The van der Waals surface area contributed by atoms with Crippen molar-refractivity contribution in [2.45, 2.75) is 19.8 Å². The highest BCUT2D eigenvalue weighted by Gasteiger charge is 1.94. The zero-order valence-electron chi connectivity index (χ0n) is 6.17. The van der Waals surface area contributed by atoms with Crippen molar-refractivity contribution in [2.75, 3.05) is 13.2 Å². The molecule has 0 atom stereocenters. The second-order valence-corrected chi connectivity index (χ2v) is 1.84. The third-order valence-corrected chi connectivity index (χ3v) is 0.827. The number of aliphatic carboxylic acids is 1. The third-order valence-electron chi connectivity index (χ3n) is 0.827. The predicted octanol–water partition coefficient (Wildman–Crippen LogP) is 0.507. The van der Waals surface area contributed by atoms with Crippen LogP contribution in [0.3, 0.4) is 0 Å². The van der Waals surface area contributed by atoms with Crippen molar-refractivity contribution in [2.24, 2.45) is 0 Å². The summed E-state index contributed by atoms with van der Waals surface area (Å²) < 4.78 is 4.94. The van der Waals surface area contributed by atoms with Crippen LogP contribution in [0, 0.1) is 0 Å². The molecule has 1 heterocycles. The molecule has 0 amide bonds. The summed E-state index contributed by atoms with van der Waals surface area (Å²) in [6.45, 7) is 3.08. The molecule has 0 aromatic carbocycles. The molecular weight excluding hydrogens is 131 g/mol. The second kappa shape index (κ2) is 8.49. The molecule has 0 spiro atoms. The minimum absolute atomic E-state index is 0. The lowest BCUT2D eigenvalue weighted by atomic mass is 10.4. The SMILES string of the molecule is C1CCOC1.CC(=O)O.[B]. The van der Waals surface area contributed by atoms with Crippen molar-refractivity contribution in [3.8, 4) is 0 Å². The molecule has 57 valence electrons. The van der Waals surface area contributed by atoms with E-state index in [1.54, 1.807) is 0 Å². The molecule has 3 nitrogen and oxygen atoms in total. The van der Waals surface area contributed by atoms with Gasteiger partial charge in [0.05, 0.1) is 0 Å². The summed E-state index contributed by atoms with van der Waals surface area (Å²) in [6, 6.07) is 0. The van der Waals surface area contributed by atoms with Gasteiger partial charge in [0.25, 0.3) is 5.97 Å². The Labute approximate surface area is 63.0 Å². The topological polar surface area (TPSA) is 46.5 Å². The van der Waals surface area contributed by atoms with Gasteiger partial charge in [-0.2, -0.15) is 0 Å². The van der Waals surface area contributed by atoms with Crippen LogP contribution in [0.2, 0.25) is 0 Å². The van der Waals surface area contributed by atoms with Crippen molar-refractivity contribution in [3.63, 3.8) is 0 Å². The largest absolute Gasteiger partial charge is 0.481 e. The van der Waals surface area contributed by atoms with Crippen LogP contribution in [0.25, 0.3) is 0 Å². The zero-order valence-corrected chi connectivity index (χ0v) is 6.17. The molecule has 1 N–H and O–H groups in total. The van der Waals surface area contributed by atoms with Gasteiger partial charge in [-0.15, -0.1) is 0 Å². The first kappa shape index (κ1) is 12.2. The Balaban J connectivity index is 0. The summed E-state index contributed by atoms with van der Waals surface area (Å²) in [4.78, 5) is 9.00. The number of carboxylic acid groups (broad SMARTS) is 1. The van der Waals surface area contributed by atoms with E-state index in [1.165, 1.54) is 12.8 Å². The van der Waals surface area contributed by atoms with E-state index in [2.05, 4.69) is 0 Å². The van der Waals surface area contributed by atoms with Gasteiger partial charge in [-0.3, -0.25) is 4.79 Å².